The van der Waals surface area contributed by atoms with Crippen molar-refractivity contribution < 1.29 is 14.3 Å². The van der Waals surface area contributed by atoms with E-state index in [4.69, 9.17) is 4.74 Å². The van der Waals surface area contributed by atoms with Gasteiger partial charge in [-0.25, -0.2) is 4.79 Å². The zero-order chi connectivity index (χ0) is 16.1. The molecule has 0 N–H and O–H groups in total. The molecule has 0 spiro atoms. The van der Waals surface area contributed by atoms with Crippen LogP contribution in [0.4, 0.5) is 0 Å². The van der Waals surface area contributed by atoms with E-state index in [1.807, 2.05) is 12.1 Å². The lowest BCUT2D eigenvalue weighted by Gasteiger charge is -2.33. The number of rotatable bonds is 5. The van der Waals surface area contributed by atoms with Crippen LogP contribution in [0, 0.1) is 5.41 Å². The van der Waals surface area contributed by atoms with Crippen molar-refractivity contribution >= 4 is 5.97 Å². The number of ether oxygens (including phenoxy) is 2. The van der Waals surface area contributed by atoms with Gasteiger partial charge in [-0.2, -0.15) is 0 Å². The molecule has 0 heterocycles. The number of hydrogen-bond acceptors (Lipinski definition) is 3. The summed E-state index contributed by atoms with van der Waals surface area (Å²) in [7, 11) is 1.33. The molecule has 1 rings (SSSR count). The predicted molar refractivity (Wildman–Crippen MR) is 85.3 cm³/mol. The average molecular weight is 290 g/mol. The van der Waals surface area contributed by atoms with E-state index in [1.165, 1.54) is 25.0 Å². The zero-order valence-corrected chi connectivity index (χ0v) is 13.9. The molecule has 0 saturated heterocycles. The minimum absolute atomic E-state index is 0.110. The molecule has 0 amide bonds. The van der Waals surface area contributed by atoms with Crippen LogP contribution in [-0.2, 0) is 14.9 Å². The molecule has 116 valence electrons. The Morgan fingerprint density at radius 1 is 1.10 bits per heavy atom. The van der Waals surface area contributed by atoms with Gasteiger partial charge < -0.3 is 9.47 Å². The minimum atomic E-state index is -0.432. The first-order chi connectivity index (χ1) is 9.64. The molecule has 3 heteroatoms. The Bertz CT molecular complexity index is 490. The quantitative estimate of drug-likeness (QED) is 0.456. The maximum Gasteiger partial charge on any atom is 0.333 e. The molecule has 0 aliphatic rings. The lowest BCUT2D eigenvalue weighted by molar-refractivity contribution is -0.134. The van der Waals surface area contributed by atoms with Gasteiger partial charge in [0.05, 0.1) is 19.4 Å². The van der Waals surface area contributed by atoms with Crippen LogP contribution in [0.1, 0.15) is 46.6 Å². The molecule has 0 aromatic heterocycles. The molecule has 21 heavy (non-hydrogen) atoms. The molecule has 1 aromatic carbocycles. The topological polar surface area (TPSA) is 35.5 Å². The zero-order valence-electron chi connectivity index (χ0n) is 13.9. The van der Waals surface area contributed by atoms with Crippen LogP contribution in [0.3, 0.4) is 0 Å². The Labute approximate surface area is 128 Å². The van der Waals surface area contributed by atoms with Crippen molar-refractivity contribution in [2.75, 3.05) is 7.11 Å². The van der Waals surface area contributed by atoms with Gasteiger partial charge in [0, 0.05) is 0 Å². The van der Waals surface area contributed by atoms with Crippen LogP contribution in [0.2, 0.25) is 0 Å². The second-order valence-corrected chi connectivity index (χ2v) is 7.09. The van der Waals surface area contributed by atoms with Crippen LogP contribution < -0.4 is 4.74 Å². The maximum atomic E-state index is 10.9. The van der Waals surface area contributed by atoms with E-state index in [2.05, 4.69) is 51.5 Å². The summed E-state index contributed by atoms with van der Waals surface area (Å²) >= 11 is 0. The summed E-state index contributed by atoms with van der Waals surface area (Å²) in [5.74, 6) is 0.267. The summed E-state index contributed by atoms with van der Waals surface area (Å²) in [4.78, 5) is 10.9. The number of esters is 1. The van der Waals surface area contributed by atoms with Crippen LogP contribution in [0.25, 0.3) is 0 Å². The number of methoxy groups -OCH3 is 1. The molecule has 1 aromatic rings. The van der Waals surface area contributed by atoms with Crippen molar-refractivity contribution in [3.63, 3.8) is 0 Å². The standard InChI is InChI=1S/C18H26O3/c1-17(2,3)13-18(4,5)14-7-9-15(10-8-14)21-12-11-16(19)20-6/h7-12H,13H2,1-6H3. The lowest BCUT2D eigenvalue weighted by Crippen LogP contribution is -2.24. The molecule has 0 unspecified atom stereocenters. The van der Waals surface area contributed by atoms with Crippen LogP contribution in [-0.4, -0.2) is 13.1 Å². The molecule has 0 saturated carbocycles. The van der Waals surface area contributed by atoms with Gasteiger partial charge in [-0.3, -0.25) is 0 Å². The largest absolute Gasteiger partial charge is 0.466 e. The summed E-state index contributed by atoms with van der Waals surface area (Å²) < 4.78 is 9.86. The summed E-state index contributed by atoms with van der Waals surface area (Å²) in [6.45, 7) is 11.3. The van der Waals surface area contributed by atoms with Gasteiger partial charge in [-0.1, -0.05) is 46.8 Å². The maximum absolute atomic E-state index is 10.9. The fourth-order valence-electron chi connectivity index (χ4n) is 2.65. The Morgan fingerprint density at radius 3 is 2.14 bits per heavy atom. The SMILES string of the molecule is COC(=O)C=COc1ccc(C(C)(C)CC(C)(C)C)cc1. The average Bonchev–Trinajstić information content (AvgIpc) is 2.36. The van der Waals surface area contributed by atoms with Crippen LogP contribution in [0.15, 0.2) is 36.6 Å². The Hall–Kier alpha value is -1.77. The van der Waals surface area contributed by atoms with Crippen LogP contribution >= 0.6 is 0 Å². The molecule has 0 fully saturated rings. The molecule has 0 aliphatic carbocycles. The molecule has 0 bridgehead atoms. The van der Waals surface area contributed by atoms with E-state index in [0.717, 1.165) is 6.42 Å². The number of carbonyl (C=O) groups excluding carboxylic acids is 1. The van der Waals surface area contributed by atoms with Crippen molar-refractivity contribution in [2.45, 2.75) is 46.5 Å². The van der Waals surface area contributed by atoms with Gasteiger partial charge in [-0.15, -0.1) is 0 Å². The summed E-state index contributed by atoms with van der Waals surface area (Å²) in [6.07, 6.45) is 3.68. The van der Waals surface area contributed by atoms with Crippen molar-refractivity contribution in [3.05, 3.63) is 42.2 Å². The van der Waals surface area contributed by atoms with E-state index in [-0.39, 0.29) is 10.8 Å². The molecule has 0 aliphatic heterocycles. The van der Waals surface area contributed by atoms with Gasteiger partial charge in [0.25, 0.3) is 0 Å². The van der Waals surface area contributed by atoms with E-state index in [0.29, 0.717) is 5.75 Å². The van der Waals surface area contributed by atoms with Crippen LogP contribution in [0.5, 0.6) is 5.75 Å². The molecular formula is C18H26O3. The van der Waals surface area contributed by atoms with E-state index in [1.54, 1.807) is 0 Å². The van der Waals surface area contributed by atoms with Crippen molar-refractivity contribution in [1.29, 1.82) is 0 Å². The minimum Gasteiger partial charge on any atom is -0.466 e. The highest BCUT2D eigenvalue weighted by Crippen LogP contribution is 2.36. The van der Waals surface area contributed by atoms with Gasteiger partial charge >= 0.3 is 5.97 Å². The van der Waals surface area contributed by atoms with Gasteiger partial charge in [-0.05, 0) is 34.9 Å². The van der Waals surface area contributed by atoms with E-state index in [9.17, 15) is 4.79 Å². The number of hydrogen-bond donors (Lipinski definition) is 0. The summed E-state index contributed by atoms with van der Waals surface area (Å²) in [5.41, 5.74) is 1.67. The fourth-order valence-corrected chi connectivity index (χ4v) is 2.65. The number of carbonyl (C=O) groups is 1. The fraction of sp³-hybridized carbons (Fsp3) is 0.500. The Balaban J connectivity index is 2.74. The monoisotopic (exact) mass is 290 g/mol. The Kier molecular flexibility index (Phi) is 5.59. The second kappa shape index (κ2) is 6.79. The first-order valence-corrected chi connectivity index (χ1v) is 7.16. The Morgan fingerprint density at radius 2 is 1.67 bits per heavy atom. The second-order valence-electron chi connectivity index (χ2n) is 7.09. The van der Waals surface area contributed by atoms with Crippen molar-refractivity contribution in [2.24, 2.45) is 5.41 Å². The molecular weight excluding hydrogens is 264 g/mol. The smallest absolute Gasteiger partial charge is 0.333 e. The van der Waals surface area contributed by atoms with Crippen molar-refractivity contribution in [1.82, 2.24) is 0 Å². The molecule has 0 radical (unpaired) electrons. The third-order valence-corrected chi connectivity index (χ3v) is 3.22. The third kappa shape index (κ3) is 6.03. The van der Waals surface area contributed by atoms with Gasteiger partial charge in [0.15, 0.2) is 0 Å². The predicted octanol–water partition coefficient (Wildman–Crippen LogP) is 4.47. The lowest BCUT2D eigenvalue weighted by atomic mass is 9.72. The first-order valence-electron chi connectivity index (χ1n) is 7.16. The van der Waals surface area contributed by atoms with E-state index < -0.39 is 5.97 Å². The third-order valence-electron chi connectivity index (χ3n) is 3.22. The highest BCUT2D eigenvalue weighted by Gasteiger charge is 2.27. The summed E-state index contributed by atoms with van der Waals surface area (Å²) in [6, 6.07) is 7.99. The highest BCUT2D eigenvalue weighted by atomic mass is 16.5. The number of benzene rings is 1. The van der Waals surface area contributed by atoms with E-state index >= 15 is 0 Å². The highest BCUT2D eigenvalue weighted by molar-refractivity contribution is 5.81. The molecule has 3 nitrogen and oxygen atoms in total. The normalized spacial score (nSPS) is 12.5. The first kappa shape index (κ1) is 17.3. The molecule has 0 atom stereocenters. The van der Waals surface area contributed by atoms with Gasteiger partial charge in [0.1, 0.15) is 5.75 Å². The van der Waals surface area contributed by atoms with Crippen molar-refractivity contribution in [3.8, 4) is 5.75 Å². The summed E-state index contributed by atoms with van der Waals surface area (Å²) in [5, 5.41) is 0. The van der Waals surface area contributed by atoms with Gasteiger partial charge in [0.2, 0.25) is 0 Å².